The lowest BCUT2D eigenvalue weighted by molar-refractivity contribution is 0.544. The molecule has 1 N–H and O–H groups in total. The number of halogens is 1. The molecular formula is C18H22BrN. The van der Waals surface area contributed by atoms with Gasteiger partial charge in [-0.3, -0.25) is 0 Å². The normalized spacial score (nSPS) is 12.4. The van der Waals surface area contributed by atoms with Crippen LogP contribution >= 0.6 is 15.9 Å². The van der Waals surface area contributed by atoms with Crippen LogP contribution in [0.3, 0.4) is 0 Å². The molecule has 0 aliphatic heterocycles. The molecule has 0 saturated heterocycles. The van der Waals surface area contributed by atoms with E-state index in [1.54, 1.807) is 0 Å². The Hall–Kier alpha value is -1.12. The average Bonchev–Trinajstić information content (AvgIpc) is 2.41. The third-order valence-corrected chi connectivity index (χ3v) is 4.50. The van der Waals surface area contributed by atoms with Crippen LogP contribution < -0.4 is 5.32 Å². The Labute approximate surface area is 130 Å². The first-order valence-corrected chi connectivity index (χ1v) is 7.95. The van der Waals surface area contributed by atoms with E-state index in [0.717, 1.165) is 13.0 Å². The molecule has 1 nitrogen and oxygen atoms in total. The Morgan fingerprint density at radius 1 is 1.00 bits per heavy atom. The van der Waals surface area contributed by atoms with Crippen molar-refractivity contribution in [1.29, 1.82) is 0 Å². The first kappa shape index (κ1) is 15.3. The molecule has 0 spiro atoms. The summed E-state index contributed by atoms with van der Waals surface area (Å²) in [5, 5.41) is 3.64. The molecule has 0 radical (unpaired) electrons. The number of hydrogen-bond donors (Lipinski definition) is 1. The topological polar surface area (TPSA) is 12.0 Å². The van der Waals surface area contributed by atoms with Gasteiger partial charge in [-0.1, -0.05) is 59.3 Å². The molecule has 1 unspecified atom stereocenters. The van der Waals surface area contributed by atoms with Crippen LogP contribution in [0.5, 0.6) is 0 Å². The van der Waals surface area contributed by atoms with Crippen molar-refractivity contribution in [1.82, 2.24) is 5.32 Å². The minimum Gasteiger partial charge on any atom is -0.310 e. The fourth-order valence-corrected chi connectivity index (χ4v) is 3.23. The zero-order valence-electron chi connectivity index (χ0n) is 12.4. The summed E-state index contributed by atoms with van der Waals surface area (Å²) >= 11 is 3.66. The van der Waals surface area contributed by atoms with Crippen LogP contribution in [0.2, 0.25) is 0 Å². The van der Waals surface area contributed by atoms with Gasteiger partial charge in [0.15, 0.2) is 0 Å². The molecule has 2 heteroatoms. The molecule has 2 aromatic carbocycles. The molecule has 0 saturated carbocycles. The van der Waals surface area contributed by atoms with Gasteiger partial charge in [-0.05, 0) is 55.1 Å². The van der Waals surface area contributed by atoms with Crippen LogP contribution in [-0.4, -0.2) is 6.54 Å². The van der Waals surface area contributed by atoms with Crippen LogP contribution in [-0.2, 0) is 6.42 Å². The van der Waals surface area contributed by atoms with Gasteiger partial charge in [0.05, 0.1) is 0 Å². The van der Waals surface area contributed by atoms with Crippen molar-refractivity contribution in [3.8, 4) is 0 Å². The minimum absolute atomic E-state index is 0.361. The molecule has 2 aromatic rings. The summed E-state index contributed by atoms with van der Waals surface area (Å²) in [6.07, 6.45) is 1.00. The second-order valence-corrected chi connectivity index (χ2v) is 6.07. The third kappa shape index (κ3) is 3.50. The van der Waals surface area contributed by atoms with E-state index in [0.29, 0.717) is 6.04 Å². The van der Waals surface area contributed by atoms with E-state index in [2.05, 4.69) is 84.5 Å². The summed E-state index contributed by atoms with van der Waals surface area (Å²) in [5.41, 5.74) is 5.51. The lowest BCUT2D eigenvalue weighted by atomic mass is 9.92. The summed E-state index contributed by atoms with van der Waals surface area (Å²) in [4.78, 5) is 0. The summed E-state index contributed by atoms with van der Waals surface area (Å²) in [6.45, 7) is 7.54. The highest BCUT2D eigenvalue weighted by molar-refractivity contribution is 9.10. The Kier molecular flexibility index (Phi) is 5.38. The van der Waals surface area contributed by atoms with E-state index in [9.17, 15) is 0 Å². The number of rotatable bonds is 5. The summed E-state index contributed by atoms with van der Waals surface area (Å²) in [6, 6.07) is 15.4. The van der Waals surface area contributed by atoms with Gasteiger partial charge >= 0.3 is 0 Å². The Morgan fingerprint density at radius 3 is 2.25 bits per heavy atom. The second kappa shape index (κ2) is 7.05. The van der Waals surface area contributed by atoms with Gasteiger partial charge in [-0.2, -0.15) is 0 Å². The highest BCUT2D eigenvalue weighted by Crippen LogP contribution is 2.27. The van der Waals surface area contributed by atoms with E-state index >= 15 is 0 Å². The van der Waals surface area contributed by atoms with Gasteiger partial charge < -0.3 is 5.32 Å². The molecule has 0 amide bonds. The van der Waals surface area contributed by atoms with E-state index in [-0.39, 0.29) is 0 Å². The molecule has 0 aliphatic carbocycles. The number of hydrogen-bond acceptors (Lipinski definition) is 1. The SMILES string of the molecule is CCNC(Cc1ccccc1Br)c1c(C)cccc1C. The molecule has 106 valence electrons. The largest absolute Gasteiger partial charge is 0.310 e. The van der Waals surface area contributed by atoms with Crippen LogP contribution in [0, 0.1) is 13.8 Å². The summed E-state index contributed by atoms with van der Waals surface area (Å²) < 4.78 is 1.19. The minimum atomic E-state index is 0.361. The van der Waals surface area contributed by atoms with Gasteiger partial charge in [0.1, 0.15) is 0 Å². The third-order valence-electron chi connectivity index (χ3n) is 3.72. The lowest BCUT2D eigenvalue weighted by Gasteiger charge is -2.23. The predicted molar refractivity (Wildman–Crippen MR) is 90.2 cm³/mol. The molecule has 0 aromatic heterocycles. The fourth-order valence-electron chi connectivity index (χ4n) is 2.78. The van der Waals surface area contributed by atoms with Gasteiger partial charge in [-0.25, -0.2) is 0 Å². The van der Waals surface area contributed by atoms with Gasteiger partial charge in [0.2, 0.25) is 0 Å². The Bertz CT molecular complexity index is 557. The van der Waals surface area contributed by atoms with Crippen LogP contribution in [0.15, 0.2) is 46.9 Å². The van der Waals surface area contributed by atoms with Crippen molar-refractivity contribution in [3.63, 3.8) is 0 Å². The molecule has 0 fully saturated rings. The van der Waals surface area contributed by atoms with Crippen molar-refractivity contribution in [2.24, 2.45) is 0 Å². The number of benzene rings is 2. The lowest BCUT2D eigenvalue weighted by Crippen LogP contribution is -2.24. The predicted octanol–water partition coefficient (Wildman–Crippen LogP) is 4.96. The maximum absolute atomic E-state index is 3.66. The molecule has 20 heavy (non-hydrogen) atoms. The maximum Gasteiger partial charge on any atom is 0.0366 e. The average molecular weight is 332 g/mol. The van der Waals surface area contributed by atoms with Crippen molar-refractivity contribution in [2.75, 3.05) is 6.54 Å². The van der Waals surface area contributed by atoms with Gasteiger partial charge in [0, 0.05) is 10.5 Å². The Morgan fingerprint density at radius 2 is 1.65 bits per heavy atom. The fraction of sp³-hybridized carbons (Fsp3) is 0.333. The van der Waals surface area contributed by atoms with Crippen LogP contribution in [0.4, 0.5) is 0 Å². The molecule has 0 bridgehead atoms. The monoisotopic (exact) mass is 331 g/mol. The zero-order valence-corrected chi connectivity index (χ0v) is 14.0. The molecule has 1 atom stereocenters. The summed E-state index contributed by atoms with van der Waals surface area (Å²) in [7, 11) is 0. The molecular weight excluding hydrogens is 310 g/mol. The molecule has 0 aliphatic rings. The van der Waals surface area contributed by atoms with Crippen molar-refractivity contribution < 1.29 is 0 Å². The quantitative estimate of drug-likeness (QED) is 0.816. The smallest absolute Gasteiger partial charge is 0.0366 e. The molecule has 0 heterocycles. The van der Waals surface area contributed by atoms with Crippen molar-refractivity contribution in [3.05, 3.63) is 69.2 Å². The number of nitrogens with one attached hydrogen (secondary N) is 1. The second-order valence-electron chi connectivity index (χ2n) is 5.21. The Balaban J connectivity index is 2.35. The maximum atomic E-state index is 3.66. The first-order valence-electron chi connectivity index (χ1n) is 7.16. The van der Waals surface area contributed by atoms with E-state index in [4.69, 9.17) is 0 Å². The zero-order chi connectivity index (χ0) is 14.5. The first-order chi connectivity index (χ1) is 9.63. The van der Waals surface area contributed by atoms with Gasteiger partial charge in [0.25, 0.3) is 0 Å². The van der Waals surface area contributed by atoms with Crippen LogP contribution in [0.25, 0.3) is 0 Å². The number of likely N-dealkylation sites (N-methyl/N-ethyl adjacent to an activating group) is 1. The van der Waals surface area contributed by atoms with Gasteiger partial charge in [-0.15, -0.1) is 0 Å². The molecule has 2 rings (SSSR count). The number of aryl methyl sites for hydroxylation is 2. The van der Waals surface area contributed by atoms with E-state index < -0.39 is 0 Å². The highest BCUT2D eigenvalue weighted by Gasteiger charge is 2.16. The van der Waals surface area contributed by atoms with E-state index in [1.165, 1.54) is 26.7 Å². The van der Waals surface area contributed by atoms with E-state index in [1.807, 2.05) is 0 Å². The highest BCUT2D eigenvalue weighted by atomic mass is 79.9. The van der Waals surface area contributed by atoms with Crippen LogP contribution in [0.1, 0.15) is 35.2 Å². The summed E-state index contributed by atoms with van der Waals surface area (Å²) in [5.74, 6) is 0. The standard InChI is InChI=1S/C18H22BrN/c1-4-20-17(12-15-10-5-6-11-16(15)19)18-13(2)8-7-9-14(18)3/h5-11,17,20H,4,12H2,1-3H3. The van der Waals surface area contributed by atoms with Crippen molar-refractivity contribution >= 4 is 15.9 Å². The van der Waals surface area contributed by atoms with Crippen molar-refractivity contribution in [2.45, 2.75) is 33.2 Å².